The van der Waals surface area contributed by atoms with Gasteiger partial charge in [0, 0.05) is 6.54 Å². The number of hydrogen-bond acceptors (Lipinski definition) is 4. The summed E-state index contributed by atoms with van der Waals surface area (Å²) >= 11 is 0. The van der Waals surface area contributed by atoms with E-state index in [1.54, 1.807) is 11.8 Å². The number of aliphatic carboxylic acids is 1. The first-order valence-corrected chi connectivity index (χ1v) is 4.69. The third kappa shape index (κ3) is 6.42. The highest BCUT2D eigenvalue weighted by Crippen LogP contribution is 1.93. The molecule has 82 valence electrons. The van der Waals surface area contributed by atoms with Crippen LogP contribution >= 0.6 is 0 Å². The number of likely N-dealkylation sites (N-methyl/N-ethyl adjacent to an activating group) is 1. The molecule has 0 saturated carbocycles. The number of rotatable bonds is 7. The Balaban J connectivity index is 3.71. The van der Waals surface area contributed by atoms with Gasteiger partial charge in [0.1, 0.15) is 0 Å². The summed E-state index contributed by atoms with van der Waals surface area (Å²) in [4.78, 5) is 23.0. The lowest BCUT2D eigenvalue weighted by molar-refractivity contribution is -0.144. The van der Waals surface area contributed by atoms with E-state index in [2.05, 4.69) is 0 Å². The Kier molecular flexibility index (Phi) is 6.74. The van der Waals surface area contributed by atoms with Gasteiger partial charge in [0.15, 0.2) is 0 Å². The lowest BCUT2D eigenvalue weighted by atomic mass is 10.3. The zero-order chi connectivity index (χ0) is 11.0. The van der Waals surface area contributed by atoms with E-state index in [0.717, 1.165) is 0 Å². The summed E-state index contributed by atoms with van der Waals surface area (Å²) in [6.45, 7) is 4.98. The van der Waals surface area contributed by atoms with Crippen molar-refractivity contribution in [1.82, 2.24) is 4.90 Å². The summed E-state index contributed by atoms with van der Waals surface area (Å²) in [5.41, 5.74) is 0. The molecule has 0 saturated heterocycles. The number of hydrogen-bond donors (Lipinski definition) is 1. The minimum Gasteiger partial charge on any atom is -0.480 e. The van der Waals surface area contributed by atoms with E-state index in [1.165, 1.54) is 0 Å². The summed E-state index contributed by atoms with van der Waals surface area (Å²) < 4.78 is 4.73. The number of nitrogens with zero attached hydrogens (tertiary/aromatic N) is 1. The molecule has 0 fully saturated rings. The van der Waals surface area contributed by atoms with Gasteiger partial charge in [0.2, 0.25) is 0 Å². The van der Waals surface area contributed by atoms with Crippen molar-refractivity contribution in [3.63, 3.8) is 0 Å². The van der Waals surface area contributed by atoms with Gasteiger partial charge in [0.25, 0.3) is 0 Å². The zero-order valence-corrected chi connectivity index (χ0v) is 8.65. The third-order valence-electron chi connectivity index (χ3n) is 1.74. The van der Waals surface area contributed by atoms with Gasteiger partial charge in [0.05, 0.1) is 19.6 Å². The summed E-state index contributed by atoms with van der Waals surface area (Å²) in [5, 5.41) is 8.53. The van der Waals surface area contributed by atoms with Gasteiger partial charge in [-0.05, 0) is 13.5 Å². The van der Waals surface area contributed by atoms with Crippen LogP contribution in [0.4, 0.5) is 0 Å². The minimum absolute atomic E-state index is 0.0318. The molecule has 0 aromatic carbocycles. The van der Waals surface area contributed by atoms with Crippen LogP contribution in [-0.4, -0.2) is 48.2 Å². The lowest BCUT2D eigenvalue weighted by Crippen LogP contribution is -2.31. The van der Waals surface area contributed by atoms with E-state index >= 15 is 0 Å². The highest BCUT2D eigenvalue weighted by molar-refractivity contribution is 5.70. The maximum Gasteiger partial charge on any atom is 0.317 e. The maximum atomic E-state index is 11.0. The number of esters is 1. The molecular weight excluding hydrogens is 186 g/mol. The molecule has 0 aromatic heterocycles. The second-order valence-corrected chi connectivity index (χ2v) is 2.82. The second kappa shape index (κ2) is 7.32. The predicted molar refractivity (Wildman–Crippen MR) is 51.0 cm³/mol. The first-order chi connectivity index (χ1) is 6.60. The molecular formula is C9H17NO4. The van der Waals surface area contributed by atoms with Crippen molar-refractivity contribution in [2.75, 3.05) is 26.2 Å². The highest BCUT2D eigenvalue weighted by atomic mass is 16.5. The number of carbonyl (C=O) groups is 2. The molecule has 14 heavy (non-hydrogen) atoms. The number of ether oxygens (including phenoxy) is 1. The highest BCUT2D eigenvalue weighted by Gasteiger charge is 2.09. The molecule has 0 aliphatic rings. The topological polar surface area (TPSA) is 66.8 Å². The zero-order valence-electron chi connectivity index (χ0n) is 8.65. The van der Waals surface area contributed by atoms with Crippen LogP contribution in [0.1, 0.15) is 20.3 Å². The fraction of sp³-hybridized carbons (Fsp3) is 0.778. The molecule has 0 unspecified atom stereocenters. The molecule has 0 amide bonds. The molecule has 0 bridgehead atoms. The van der Waals surface area contributed by atoms with Crippen molar-refractivity contribution in [2.45, 2.75) is 20.3 Å². The molecule has 0 heterocycles. The van der Waals surface area contributed by atoms with E-state index in [9.17, 15) is 9.59 Å². The summed E-state index contributed by atoms with van der Waals surface area (Å²) in [5.74, 6) is -1.16. The lowest BCUT2D eigenvalue weighted by Gasteiger charge is -2.16. The van der Waals surface area contributed by atoms with Crippen molar-refractivity contribution in [3.8, 4) is 0 Å². The van der Waals surface area contributed by atoms with E-state index in [0.29, 0.717) is 19.7 Å². The average Bonchev–Trinajstić information content (AvgIpc) is 2.12. The van der Waals surface area contributed by atoms with Crippen molar-refractivity contribution in [2.24, 2.45) is 0 Å². The average molecular weight is 203 g/mol. The Labute approximate surface area is 83.6 Å². The smallest absolute Gasteiger partial charge is 0.317 e. The molecule has 0 aromatic rings. The molecule has 0 rings (SSSR count). The molecule has 5 heteroatoms. The Bertz CT molecular complexity index is 193. The summed E-state index contributed by atoms with van der Waals surface area (Å²) in [7, 11) is 0. The van der Waals surface area contributed by atoms with E-state index in [1.807, 2.05) is 6.92 Å². The normalized spacial score (nSPS) is 10.2. The Hall–Kier alpha value is -1.10. The van der Waals surface area contributed by atoms with Gasteiger partial charge in [-0.1, -0.05) is 6.92 Å². The van der Waals surface area contributed by atoms with Crippen LogP contribution in [0.25, 0.3) is 0 Å². The Morgan fingerprint density at radius 2 is 2.00 bits per heavy atom. The number of carboxylic acid groups (broad SMARTS) is 1. The van der Waals surface area contributed by atoms with Gasteiger partial charge >= 0.3 is 11.9 Å². The molecule has 5 nitrogen and oxygen atoms in total. The fourth-order valence-electron chi connectivity index (χ4n) is 1.02. The number of carboxylic acids is 1. The predicted octanol–water partition coefficient (Wildman–Crippen LogP) is 0.346. The first kappa shape index (κ1) is 12.9. The number of carbonyl (C=O) groups excluding carboxylic acids is 1. The van der Waals surface area contributed by atoms with E-state index in [4.69, 9.17) is 9.84 Å². The van der Waals surface area contributed by atoms with Crippen LogP contribution in [0.3, 0.4) is 0 Å². The standard InChI is InChI=1S/C9H17NO4/c1-3-10(7-8(11)12)6-5-9(13)14-4-2/h3-7H2,1-2H3,(H,11,12). The van der Waals surface area contributed by atoms with Crippen molar-refractivity contribution >= 4 is 11.9 Å². The monoisotopic (exact) mass is 203 g/mol. The van der Waals surface area contributed by atoms with Crippen LogP contribution < -0.4 is 0 Å². The summed E-state index contributed by atoms with van der Waals surface area (Å²) in [6, 6.07) is 0. The van der Waals surface area contributed by atoms with Crippen LogP contribution in [0, 0.1) is 0 Å². The minimum atomic E-state index is -0.879. The van der Waals surface area contributed by atoms with E-state index in [-0.39, 0.29) is 18.9 Å². The largest absolute Gasteiger partial charge is 0.480 e. The third-order valence-corrected chi connectivity index (χ3v) is 1.74. The van der Waals surface area contributed by atoms with Gasteiger partial charge in [-0.15, -0.1) is 0 Å². The second-order valence-electron chi connectivity index (χ2n) is 2.82. The van der Waals surface area contributed by atoms with Crippen LogP contribution in [0.5, 0.6) is 0 Å². The van der Waals surface area contributed by atoms with Gasteiger partial charge in [-0.3, -0.25) is 14.5 Å². The van der Waals surface area contributed by atoms with Gasteiger partial charge < -0.3 is 9.84 Å². The molecule has 0 spiro atoms. The molecule has 0 radical (unpaired) electrons. The van der Waals surface area contributed by atoms with Crippen LogP contribution in [0.15, 0.2) is 0 Å². The first-order valence-electron chi connectivity index (χ1n) is 4.69. The van der Waals surface area contributed by atoms with Crippen LogP contribution in [0.2, 0.25) is 0 Å². The quantitative estimate of drug-likeness (QED) is 0.604. The van der Waals surface area contributed by atoms with Crippen molar-refractivity contribution in [1.29, 1.82) is 0 Å². The van der Waals surface area contributed by atoms with Crippen molar-refractivity contribution in [3.05, 3.63) is 0 Å². The maximum absolute atomic E-state index is 11.0. The molecule has 0 aliphatic heterocycles. The Morgan fingerprint density at radius 1 is 1.36 bits per heavy atom. The molecule has 1 N–H and O–H groups in total. The Morgan fingerprint density at radius 3 is 2.43 bits per heavy atom. The molecule has 0 atom stereocenters. The molecule has 0 aliphatic carbocycles. The SMILES string of the molecule is CCOC(=O)CCN(CC)CC(=O)O. The van der Waals surface area contributed by atoms with Crippen molar-refractivity contribution < 1.29 is 19.4 Å². The van der Waals surface area contributed by atoms with Gasteiger partial charge in [-0.25, -0.2) is 0 Å². The fourth-order valence-corrected chi connectivity index (χ4v) is 1.02. The van der Waals surface area contributed by atoms with E-state index < -0.39 is 5.97 Å². The van der Waals surface area contributed by atoms with Gasteiger partial charge in [-0.2, -0.15) is 0 Å². The summed E-state index contributed by atoms with van der Waals surface area (Å²) in [6.07, 6.45) is 0.245. The van der Waals surface area contributed by atoms with Crippen LogP contribution in [-0.2, 0) is 14.3 Å².